The van der Waals surface area contributed by atoms with E-state index in [1.54, 1.807) is 49.6 Å². The number of benzene rings is 3. The van der Waals surface area contributed by atoms with E-state index in [1.807, 2.05) is 24.3 Å². The van der Waals surface area contributed by atoms with Crippen LogP contribution >= 0.6 is 0 Å². The van der Waals surface area contributed by atoms with E-state index in [0.29, 0.717) is 41.3 Å². The molecule has 0 bridgehead atoms. The lowest BCUT2D eigenvalue weighted by molar-refractivity contribution is -0.116. The summed E-state index contributed by atoms with van der Waals surface area (Å²) in [5.74, 6) is 2.28. The molecule has 0 aliphatic carbocycles. The van der Waals surface area contributed by atoms with Crippen LogP contribution in [0.5, 0.6) is 23.0 Å². The molecule has 1 amide bonds. The van der Waals surface area contributed by atoms with Gasteiger partial charge in [-0.2, -0.15) is 5.26 Å². The van der Waals surface area contributed by atoms with Crippen LogP contribution in [0.25, 0.3) is 0 Å². The maximum Gasteiger partial charge on any atom is 0.224 e. The molecule has 30 heavy (non-hydrogen) atoms. The molecule has 0 spiro atoms. The molecule has 0 aliphatic heterocycles. The molecule has 152 valence electrons. The Bertz CT molecular complexity index is 1060. The Morgan fingerprint density at radius 3 is 2.43 bits per heavy atom. The molecule has 3 aromatic carbocycles. The fourth-order valence-electron chi connectivity index (χ4n) is 2.86. The first-order chi connectivity index (χ1) is 14.6. The van der Waals surface area contributed by atoms with Crippen LogP contribution < -0.4 is 19.5 Å². The Balaban J connectivity index is 1.56. The molecular formula is C24H22N2O4. The number of hydrogen-bond acceptors (Lipinski definition) is 5. The zero-order valence-corrected chi connectivity index (χ0v) is 16.8. The van der Waals surface area contributed by atoms with Crippen LogP contribution in [0.2, 0.25) is 0 Å². The minimum atomic E-state index is -0.0692. The van der Waals surface area contributed by atoms with E-state index in [1.165, 1.54) is 7.11 Å². The summed E-state index contributed by atoms with van der Waals surface area (Å²) in [5, 5.41) is 11.9. The van der Waals surface area contributed by atoms with Gasteiger partial charge in [-0.15, -0.1) is 0 Å². The number of ether oxygens (including phenoxy) is 3. The highest BCUT2D eigenvalue weighted by Gasteiger charge is 2.08. The SMILES string of the molecule is COc1cccc(CCC(=O)Nc2ccc(Oc3ccc(C#N)cc3OC)cc2)c1. The van der Waals surface area contributed by atoms with E-state index in [2.05, 4.69) is 11.4 Å². The molecule has 3 rings (SSSR count). The summed E-state index contributed by atoms with van der Waals surface area (Å²) in [4.78, 5) is 12.2. The molecule has 3 aromatic rings. The summed E-state index contributed by atoms with van der Waals surface area (Å²) in [6, 6.07) is 21.8. The van der Waals surface area contributed by atoms with Crippen molar-refractivity contribution in [1.29, 1.82) is 5.26 Å². The Labute approximate surface area is 175 Å². The number of anilines is 1. The summed E-state index contributed by atoms with van der Waals surface area (Å²) < 4.78 is 16.3. The zero-order chi connectivity index (χ0) is 21.3. The van der Waals surface area contributed by atoms with Crippen LogP contribution in [0.15, 0.2) is 66.7 Å². The van der Waals surface area contributed by atoms with E-state index in [4.69, 9.17) is 19.5 Å². The van der Waals surface area contributed by atoms with Crippen LogP contribution in [-0.2, 0) is 11.2 Å². The van der Waals surface area contributed by atoms with Crippen molar-refractivity contribution in [3.8, 4) is 29.1 Å². The Hall–Kier alpha value is -3.98. The summed E-state index contributed by atoms with van der Waals surface area (Å²) >= 11 is 0. The van der Waals surface area contributed by atoms with E-state index in [-0.39, 0.29) is 5.91 Å². The highest BCUT2D eigenvalue weighted by molar-refractivity contribution is 5.90. The van der Waals surface area contributed by atoms with Gasteiger partial charge in [0.25, 0.3) is 0 Å². The third kappa shape index (κ3) is 5.52. The van der Waals surface area contributed by atoms with Crippen LogP contribution in [0.1, 0.15) is 17.5 Å². The Morgan fingerprint density at radius 2 is 1.73 bits per heavy atom. The van der Waals surface area contributed by atoms with Gasteiger partial charge in [0.2, 0.25) is 5.91 Å². The average Bonchev–Trinajstić information content (AvgIpc) is 2.79. The van der Waals surface area contributed by atoms with E-state index in [9.17, 15) is 4.79 Å². The predicted molar refractivity (Wildman–Crippen MR) is 114 cm³/mol. The highest BCUT2D eigenvalue weighted by Crippen LogP contribution is 2.32. The lowest BCUT2D eigenvalue weighted by Crippen LogP contribution is -2.12. The zero-order valence-electron chi connectivity index (χ0n) is 16.8. The number of nitriles is 1. The summed E-state index contributed by atoms with van der Waals surface area (Å²) in [6.07, 6.45) is 0.997. The van der Waals surface area contributed by atoms with Gasteiger partial charge in [0, 0.05) is 18.2 Å². The number of carbonyl (C=O) groups is 1. The fourth-order valence-corrected chi connectivity index (χ4v) is 2.86. The number of hydrogen-bond donors (Lipinski definition) is 1. The topological polar surface area (TPSA) is 80.6 Å². The monoisotopic (exact) mass is 402 g/mol. The molecule has 6 nitrogen and oxygen atoms in total. The van der Waals surface area contributed by atoms with Crippen molar-refractivity contribution in [3.05, 3.63) is 77.9 Å². The molecule has 0 aromatic heterocycles. The molecule has 0 aliphatic rings. The highest BCUT2D eigenvalue weighted by atomic mass is 16.5. The maximum absolute atomic E-state index is 12.2. The van der Waals surface area contributed by atoms with Crippen LogP contribution in [0.3, 0.4) is 0 Å². The molecular weight excluding hydrogens is 380 g/mol. The molecule has 0 radical (unpaired) electrons. The van der Waals surface area contributed by atoms with Crippen LogP contribution in [0, 0.1) is 11.3 Å². The van der Waals surface area contributed by atoms with Gasteiger partial charge in [-0.1, -0.05) is 12.1 Å². The predicted octanol–water partition coefficient (Wildman–Crippen LogP) is 4.94. The van der Waals surface area contributed by atoms with Crippen molar-refractivity contribution in [2.45, 2.75) is 12.8 Å². The van der Waals surface area contributed by atoms with E-state index >= 15 is 0 Å². The van der Waals surface area contributed by atoms with Crippen LogP contribution in [0.4, 0.5) is 5.69 Å². The fraction of sp³-hybridized carbons (Fsp3) is 0.167. The van der Waals surface area contributed by atoms with E-state index in [0.717, 1.165) is 11.3 Å². The molecule has 0 saturated heterocycles. The quantitative estimate of drug-likeness (QED) is 0.577. The average molecular weight is 402 g/mol. The van der Waals surface area contributed by atoms with Gasteiger partial charge >= 0.3 is 0 Å². The number of aryl methyl sites for hydroxylation is 1. The van der Waals surface area contributed by atoms with Crippen molar-refractivity contribution >= 4 is 11.6 Å². The normalized spacial score (nSPS) is 10.0. The number of carbonyl (C=O) groups excluding carboxylic acids is 1. The lowest BCUT2D eigenvalue weighted by atomic mass is 10.1. The second-order valence-electron chi connectivity index (χ2n) is 6.50. The van der Waals surface area contributed by atoms with Gasteiger partial charge in [-0.3, -0.25) is 4.79 Å². The second kappa shape index (κ2) is 9.99. The molecule has 1 N–H and O–H groups in total. The van der Waals surface area contributed by atoms with Gasteiger partial charge in [0.1, 0.15) is 11.5 Å². The van der Waals surface area contributed by atoms with Crippen molar-refractivity contribution in [2.24, 2.45) is 0 Å². The molecule has 0 fully saturated rings. The summed E-state index contributed by atoms with van der Waals surface area (Å²) in [7, 11) is 3.14. The minimum absolute atomic E-state index is 0.0692. The smallest absolute Gasteiger partial charge is 0.224 e. The summed E-state index contributed by atoms with van der Waals surface area (Å²) in [6.45, 7) is 0. The summed E-state index contributed by atoms with van der Waals surface area (Å²) in [5.41, 5.74) is 2.22. The number of nitrogens with zero attached hydrogens (tertiary/aromatic N) is 1. The van der Waals surface area contributed by atoms with Gasteiger partial charge in [0.15, 0.2) is 11.5 Å². The first-order valence-electron chi connectivity index (χ1n) is 9.40. The van der Waals surface area contributed by atoms with Crippen molar-refractivity contribution < 1.29 is 19.0 Å². The lowest BCUT2D eigenvalue weighted by Gasteiger charge is -2.11. The van der Waals surface area contributed by atoms with Crippen molar-refractivity contribution in [3.63, 3.8) is 0 Å². The van der Waals surface area contributed by atoms with Gasteiger partial charge in [-0.25, -0.2) is 0 Å². The van der Waals surface area contributed by atoms with Gasteiger partial charge in [-0.05, 0) is 60.5 Å². The Kier molecular flexibility index (Phi) is 6.91. The minimum Gasteiger partial charge on any atom is -0.497 e. The van der Waals surface area contributed by atoms with Crippen LogP contribution in [-0.4, -0.2) is 20.1 Å². The van der Waals surface area contributed by atoms with Gasteiger partial charge < -0.3 is 19.5 Å². The van der Waals surface area contributed by atoms with E-state index < -0.39 is 0 Å². The van der Waals surface area contributed by atoms with Gasteiger partial charge in [0.05, 0.1) is 25.9 Å². The third-order valence-electron chi connectivity index (χ3n) is 4.43. The number of nitrogens with one attached hydrogen (secondary N) is 1. The first-order valence-corrected chi connectivity index (χ1v) is 9.40. The molecule has 0 saturated carbocycles. The first kappa shape index (κ1) is 20.7. The maximum atomic E-state index is 12.2. The van der Waals surface area contributed by atoms with Crippen molar-refractivity contribution in [1.82, 2.24) is 0 Å². The number of methoxy groups -OCH3 is 2. The standard InChI is InChI=1S/C24H22N2O4/c1-28-21-5-3-4-17(14-21)7-13-24(27)26-19-8-10-20(11-9-19)30-22-12-6-18(16-25)15-23(22)29-2/h3-6,8-12,14-15H,7,13H2,1-2H3,(H,26,27). The third-order valence-corrected chi connectivity index (χ3v) is 4.43. The molecule has 0 unspecified atom stereocenters. The van der Waals surface area contributed by atoms with Crippen molar-refractivity contribution in [2.75, 3.05) is 19.5 Å². The second-order valence-corrected chi connectivity index (χ2v) is 6.50. The molecule has 0 atom stereocenters. The molecule has 0 heterocycles. The molecule has 6 heteroatoms. The number of rotatable bonds is 8. The largest absolute Gasteiger partial charge is 0.497 e. The Morgan fingerprint density at radius 1 is 0.933 bits per heavy atom. The number of amides is 1.